The van der Waals surface area contributed by atoms with Gasteiger partial charge in [-0.05, 0) is 37.6 Å². The average molecular weight is 250 g/mol. The van der Waals surface area contributed by atoms with E-state index in [-0.39, 0.29) is 6.10 Å². The second-order valence-corrected chi connectivity index (χ2v) is 4.11. The quantitative estimate of drug-likeness (QED) is 0.789. The van der Waals surface area contributed by atoms with Crippen LogP contribution in [0.4, 0.5) is 0 Å². The van der Waals surface area contributed by atoms with Crippen molar-refractivity contribution in [1.82, 2.24) is 0 Å². The highest BCUT2D eigenvalue weighted by Crippen LogP contribution is 2.22. The van der Waals surface area contributed by atoms with Crippen molar-refractivity contribution in [3.63, 3.8) is 0 Å². The number of carbonyl (C=O) groups is 1. The minimum atomic E-state index is -0.985. The number of methoxy groups -OCH3 is 1. The number of aliphatic carboxylic acids is 1. The molecule has 4 heteroatoms. The average Bonchev–Trinajstić information content (AvgIpc) is 2.33. The predicted octanol–water partition coefficient (Wildman–Crippen LogP) is 2.72. The van der Waals surface area contributed by atoms with E-state index in [1.54, 1.807) is 13.2 Å². The summed E-state index contributed by atoms with van der Waals surface area (Å²) in [4.78, 5) is 10.5. The Morgan fingerprint density at radius 2 is 2.17 bits per heavy atom. The number of hydrogen-bond acceptors (Lipinski definition) is 3. The predicted molar refractivity (Wildman–Crippen MR) is 69.6 cm³/mol. The Morgan fingerprint density at radius 1 is 1.44 bits per heavy atom. The van der Waals surface area contributed by atoms with E-state index >= 15 is 0 Å². The molecule has 0 spiro atoms. The van der Waals surface area contributed by atoms with Gasteiger partial charge in [-0.2, -0.15) is 0 Å². The van der Waals surface area contributed by atoms with E-state index in [4.69, 9.17) is 14.6 Å². The van der Waals surface area contributed by atoms with Crippen molar-refractivity contribution >= 4 is 12.0 Å². The number of carboxylic acids is 1. The second-order valence-electron chi connectivity index (χ2n) is 4.11. The van der Waals surface area contributed by atoms with Gasteiger partial charge in [0.05, 0.1) is 19.8 Å². The van der Waals surface area contributed by atoms with Crippen LogP contribution in [-0.4, -0.2) is 24.3 Å². The van der Waals surface area contributed by atoms with Crippen LogP contribution in [0.15, 0.2) is 24.3 Å². The Morgan fingerprint density at radius 3 is 2.72 bits per heavy atom. The van der Waals surface area contributed by atoms with E-state index in [0.29, 0.717) is 12.4 Å². The highest BCUT2D eigenvalue weighted by molar-refractivity contribution is 5.85. The van der Waals surface area contributed by atoms with Crippen molar-refractivity contribution in [2.24, 2.45) is 0 Å². The fourth-order valence-electron chi connectivity index (χ4n) is 1.43. The molecule has 0 amide bonds. The monoisotopic (exact) mass is 250 g/mol. The van der Waals surface area contributed by atoms with E-state index < -0.39 is 5.97 Å². The molecule has 0 aromatic heterocycles. The van der Waals surface area contributed by atoms with Crippen molar-refractivity contribution in [1.29, 1.82) is 0 Å². The smallest absolute Gasteiger partial charge is 0.328 e. The van der Waals surface area contributed by atoms with Gasteiger partial charge >= 0.3 is 5.97 Å². The van der Waals surface area contributed by atoms with Crippen LogP contribution in [0.1, 0.15) is 25.0 Å². The Hall–Kier alpha value is -1.81. The summed E-state index contributed by atoms with van der Waals surface area (Å²) in [6.07, 6.45) is 2.76. The number of carboxylic acid groups (broad SMARTS) is 1. The standard InChI is InChI=1S/C14H18O4/c1-10(2)18-9-11-4-6-13(17-3)12(8-11)5-7-14(15)16/h4-8,10H,9H2,1-3H3,(H,15,16). The molecule has 0 saturated heterocycles. The van der Waals surface area contributed by atoms with Crippen LogP contribution < -0.4 is 4.74 Å². The topological polar surface area (TPSA) is 55.8 Å². The summed E-state index contributed by atoms with van der Waals surface area (Å²) in [5.74, 6) is -0.346. The second kappa shape index (κ2) is 6.81. The van der Waals surface area contributed by atoms with Gasteiger partial charge in [-0.25, -0.2) is 4.79 Å². The molecule has 0 saturated carbocycles. The molecular formula is C14H18O4. The number of ether oxygens (including phenoxy) is 2. The van der Waals surface area contributed by atoms with Crippen molar-refractivity contribution in [2.45, 2.75) is 26.6 Å². The summed E-state index contributed by atoms with van der Waals surface area (Å²) in [6, 6.07) is 5.57. The Kier molecular flexibility index (Phi) is 5.39. The lowest BCUT2D eigenvalue weighted by molar-refractivity contribution is -0.131. The highest BCUT2D eigenvalue weighted by Gasteiger charge is 2.03. The van der Waals surface area contributed by atoms with Gasteiger partial charge in [0.15, 0.2) is 0 Å². The zero-order valence-electron chi connectivity index (χ0n) is 10.8. The highest BCUT2D eigenvalue weighted by atomic mass is 16.5. The molecule has 0 aliphatic heterocycles. The molecule has 0 heterocycles. The molecule has 0 aliphatic carbocycles. The molecule has 1 aromatic rings. The molecule has 0 radical (unpaired) electrons. The maximum Gasteiger partial charge on any atom is 0.328 e. The first-order chi connectivity index (χ1) is 8.52. The number of rotatable bonds is 6. The summed E-state index contributed by atoms with van der Waals surface area (Å²) >= 11 is 0. The van der Waals surface area contributed by atoms with Gasteiger partial charge in [-0.15, -0.1) is 0 Å². The lowest BCUT2D eigenvalue weighted by Gasteiger charge is -2.10. The molecule has 98 valence electrons. The summed E-state index contributed by atoms with van der Waals surface area (Å²) in [6.45, 7) is 4.43. The van der Waals surface area contributed by atoms with Crippen molar-refractivity contribution in [3.8, 4) is 5.75 Å². The van der Waals surface area contributed by atoms with Crippen LogP contribution in [0.5, 0.6) is 5.75 Å². The summed E-state index contributed by atoms with van der Waals surface area (Å²) in [7, 11) is 1.55. The van der Waals surface area contributed by atoms with E-state index in [2.05, 4.69) is 0 Å². The van der Waals surface area contributed by atoms with Gasteiger partial charge in [0, 0.05) is 11.6 Å². The minimum absolute atomic E-state index is 0.158. The zero-order valence-corrected chi connectivity index (χ0v) is 10.8. The van der Waals surface area contributed by atoms with Crippen molar-refractivity contribution < 1.29 is 19.4 Å². The van der Waals surface area contributed by atoms with Gasteiger partial charge in [0.1, 0.15) is 5.75 Å². The molecule has 1 N–H and O–H groups in total. The van der Waals surface area contributed by atoms with Crippen LogP contribution in [0.2, 0.25) is 0 Å². The van der Waals surface area contributed by atoms with E-state index in [1.165, 1.54) is 6.08 Å². The van der Waals surface area contributed by atoms with Gasteiger partial charge in [-0.1, -0.05) is 6.07 Å². The molecule has 1 aromatic carbocycles. The number of benzene rings is 1. The molecule has 0 aliphatic rings. The van der Waals surface area contributed by atoms with Crippen LogP contribution in [0.25, 0.3) is 6.08 Å². The summed E-state index contributed by atoms with van der Waals surface area (Å²) in [5.41, 5.74) is 1.71. The molecule has 0 unspecified atom stereocenters. The number of hydrogen-bond donors (Lipinski definition) is 1. The van der Waals surface area contributed by atoms with Gasteiger partial charge in [0.25, 0.3) is 0 Å². The van der Waals surface area contributed by atoms with Crippen LogP contribution in [-0.2, 0) is 16.1 Å². The minimum Gasteiger partial charge on any atom is -0.496 e. The first kappa shape index (κ1) is 14.3. The third-order valence-electron chi connectivity index (χ3n) is 2.28. The lowest BCUT2D eigenvalue weighted by Crippen LogP contribution is -2.02. The molecular weight excluding hydrogens is 232 g/mol. The fourth-order valence-corrected chi connectivity index (χ4v) is 1.43. The SMILES string of the molecule is COc1ccc(COC(C)C)cc1C=CC(=O)O. The Labute approximate surface area is 107 Å². The van der Waals surface area contributed by atoms with Crippen LogP contribution in [0, 0.1) is 0 Å². The molecule has 0 atom stereocenters. The van der Waals surface area contributed by atoms with Gasteiger partial charge < -0.3 is 14.6 Å². The van der Waals surface area contributed by atoms with E-state index in [9.17, 15) is 4.79 Å². The zero-order chi connectivity index (χ0) is 13.5. The van der Waals surface area contributed by atoms with E-state index in [0.717, 1.165) is 17.2 Å². The maximum atomic E-state index is 10.5. The van der Waals surface area contributed by atoms with Gasteiger partial charge in [0.2, 0.25) is 0 Å². The molecule has 18 heavy (non-hydrogen) atoms. The van der Waals surface area contributed by atoms with Crippen LogP contribution in [0.3, 0.4) is 0 Å². The van der Waals surface area contributed by atoms with Crippen molar-refractivity contribution in [3.05, 3.63) is 35.4 Å². The fraction of sp³-hybridized carbons (Fsp3) is 0.357. The third kappa shape index (κ3) is 4.59. The maximum absolute atomic E-state index is 10.5. The first-order valence-corrected chi connectivity index (χ1v) is 5.72. The summed E-state index contributed by atoms with van der Waals surface area (Å²) < 4.78 is 10.7. The Balaban J connectivity index is 2.90. The van der Waals surface area contributed by atoms with Crippen molar-refractivity contribution in [2.75, 3.05) is 7.11 Å². The van der Waals surface area contributed by atoms with Gasteiger partial charge in [-0.3, -0.25) is 0 Å². The van der Waals surface area contributed by atoms with E-state index in [1.807, 2.05) is 26.0 Å². The molecule has 0 bridgehead atoms. The molecule has 1 rings (SSSR count). The summed E-state index contributed by atoms with van der Waals surface area (Å²) in [5, 5.41) is 8.63. The van der Waals surface area contributed by atoms with Crippen LogP contribution >= 0.6 is 0 Å². The Bertz CT molecular complexity index is 435. The molecule has 4 nitrogen and oxygen atoms in total. The third-order valence-corrected chi connectivity index (χ3v) is 2.28. The first-order valence-electron chi connectivity index (χ1n) is 5.72. The normalized spacial score (nSPS) is 11.1. The molecule has 0 fully saturated rings. The largest absolute Gasteiger partial charge is 0.496 e. The lowest BCUT2D eigenvalue weighted by atomic mass is 10.1.